The van der Waals surface area contributed by atoms with E-state index in [1.54, 1.807) is 36.4 Å². The normalized spacial score (nSPS) is 19.0. The van der Waals surface area contributed by atoms with Gasteiger partial charge in [0.05, 0.1) is 17.4 Å². The van der Waals surface area contributed by atoms with Crippen molar-refractivity contribution in [2.45, 2.75) is 49.7 Å². The van der Waals surface area contributed by atoms with Crippen LogP contribution in [-0.2, 0) is 6.54 Å². The van der Waals surface area contributed by atoms with Crippen LogP contribution in [0.5, 0.6) is 0 Å². The Kier molecular flexibility index (Phi) is 6.59. The van der Waals surface area contributed by atoms with Crippen LogP contribution in [0.4, 0.5) is 10.2 Å². The molecule has 0 spiro atoms. The number of amides is 1. The molecule has 1 saturated carbocycles. The fourth-order valence-electron chi connectivity index (χ4n) is 4.32. The van der Waals surface area contributed by atoms with Crippen LogP contribution in [0.3, 0.4) is 0 Å². The predicted octanol–water partition coefficient (Wildman–Crippen LogP) is 7.23. The molecule has 1 amide bonds. The van der Waals surface area contributed by atoms with E-state index in [0.29, 0.717) is 17.5 Å². The zero-order chi connectivity index (χ0) is 26.4. The summed E-state index contributed by atoms with van der Waals surface area (Å²) in [5, 5.41) is 3.89. The molecule has 0 radical (unpaired) electrons. The van der Waals surface area contributed by atoms with E-state index in [9.17, 15) is 4.79 Å². The number of benzene rings is 3. The molecular formula is C29H27Cl2FN4O. The van der Waals surface area contributed by atoms with Crippen molar-refractivity contribution in [3.05, 3.63) is 90.0 Å². The van der Waals surface area contributed by atoms with Crippen molar-refractivity contribution >= 4 is 45.8 Å². The number of aromatic nitrogens is 2. The van der Waals surface area contributed by atoms with E-state index >= 15 is 4.39 Å². The summed E-state index contributed by atoms with van der Waals surface area (Å²) in [4.78, 5) is 22.6. The van der Waals surface area contributed by atoms with Gasteiger partial charge in [0, 0.05) is 28.5 Å². The van der Waals surface area contributed by atoms with Gasteiger partial charge < -0.3 is 10.2 Å². The minimum absolute atomic E-state index is 0.00631. The van der Waals surface area contributed by atoms with Gasteiger partial charge >= 0.3 is 0 Å². The molecule has 1 heterocycles. The SMILES string of the molecule is CC(C)(C)Nc1ncnc2ccc(-c3ccc(F)c(CN(C(=O)c4ccccc4)C4(Cl)CC4Cl)c3)cc12. The molecule has 1 fully saturated rings. The number of anilines is 1. The Morgan fingerprint density at radius 3 is 2.43 bits per heavy atom. The number of halogens is 3. The summed E-state index contributed by atoms with van der Waals surface area (Å²) in [6.45, 7) is 6.19. The molecule has 2 unspecified atom stereocenters. The van der Waals surface area contributed by atoms with Gasteiger partial charge in [0.25, 0.3) is 5.91 Å². The lowest BCUT2D eigenvalue weighted by Crippen LogP contribution is -2.40. The number of nitrogens with zero attached hydrogens (tertiary/aromatic N) is 3. The van der Waals surface area contributed by atoms with Crippen LogP contribution in [0, 0.1) is 5.82 Å². The van der Waals surface area contributed by atoms with E-state index < -0.39 is 16.2 Å². The zero-order valence-corrected chi connectivity index (χ0v) is 22.3. The maximum absolute atomic E-state index is 15.1. The van der Waals surface area contributed by atoms with E-state index in [0.717, 1.165) is 27.8 Å². The number of carbonyl (C=O) groups is 1. The number of hydrogen-bond donors (Lipinski definition) is 1. The summed E-state index contributed by atoms with van der Waals surface area (Å²) < 4.78 is 15.1. The smallest absolute Gasteiger partial charge is 0.255 e. The molecule has 5 nitrogen and oxygen atoms in total. The maximum atomic E-state index is 15.1. The summed E-state index contributed by atoms with van der Waals surface area (Å²) in [5.74, 6) is 0.0254. The molecule has 5 rings (SSSR count). The molecule has 1 aliphatic rings. The third-order valence-corrected chi connectivity index (χ3v) is 7.58. The average Bonchev–Trinajstić information content (AvgIpc) is 3.49. The van der Waals surface area contributed by atoms with Crippen LogP contribution >= 0.6 is 23.2 Å². The first-order valence-electron chi connectivity index (χ1n) is 12.1. The number of hydrogen-bond acceptors (Lipinski definition) is 4. The van der Waals surface area contributed by atoms with Crippen molar-refractivity contribution in [1.29, 1.82) is 0 Å². The Hall–Kier alpha value is -3.22. The molecule has 3 aromatic carbocycles. The molecule has 190 valence electrons. The van der Waals surface area contributed by atoms with Gasteiger partial charge in [0.1, 0.15) is 23.0 Å². The lowest BCUT2D eigenvalue weighted by Gasteiger charge is -2.28. The highest BCUT2D eigenvalue weighted by Crippen LogP contribution is 2.51. The second-order valence-corrected chi connectivity index (χ2v) is 11.6. The predicted molar refractivity (Wildman–Crippen MR) is 147 cm³/mol. The zero-order valence-electron chi connectivity index (χ0n) is 20.8. The van der Waals surface area contributed by atoms with E-state index in [-0.39, 0.29) is 18.0 Å². The van der Waals surface area contributed by atoms with Crippen molar-refractivity contribution in [2.75, 3.05) is 5.32 Å². The van der Waals surface area contributed by atoms with Gasteiger partial charge in [-0.05, 0) is 68.3 Å². The number of rotatable bonds is 6. The van der Waals surface area contributed by atoms with Gasteiger partial charge in [-0.25, -0.2) is 14.4 Å². The topological polar surface area (TPSA) is 58.1 Å². The lowest BCUT2D eigenvalue weighted by atomic mass is 10.00. The number of alkyl halides is 2. The molecule has 37 heavy (non-hydrogen) atoms. The molecule has 1 N–H and O–H groups in total. The van der Waals surface area contributed by atoms with Crippen molar-refractivity contribution in [3.8, 4) is 11.1 Å². The Bertz CT molecular complexity index is 1470. The third-order valence-electron chi connectivity index (χ3n) is 6.34. The summed E-state index contributed by atoms with van der Waals surface area (Å²) in [6, 6.07) is 19.6. The fourth-order valence-corrected chi connectivity index (χ4v) is 5.04. The summed E-state index contributed by atoms with van der Waals surface area (Å²) in [5.41, 5.74) is 3.13. The van der Waals surface area contributed by atoms with Crippen molar-refractivity contribution in [2.24, 2.45) is 0 Å². The monoisotopic (exact) mass is 536 g/mol. The van der Waals surface area contributed by atoms with E-state index in [1.165, 1.54) is 17.3 Å². The van der Waals surface area contributed by atoms with E-state index in [2.05, 4.69) is 36.1 Å². The van der Waals surface area contributed by atoms with Crippen molar-refractivity contribution < 1.29 is 9.18 Å². The molecular weight excluding hydrogens is 510 g/mol. The highest BCUT2D eigenvalue weighted by Gasteiger charge is 2.58. The van der Waals surface area contributed by atoms with Gasteiger partial charge in [0.15, 0.2) is 0 Å². The first kappa shape index (κ1) is 25.4. The fraction of sp³-hybridized carbons (Fsp3) is 0.276. The average molecular weight is 537 g/mol. The van der Waals surface area contributed by atoms with Gasteiger partial charge in [-0.15, -0.1) is 11.6 Å². The first-order valence-corrected chi connectivity index (χ1v) is 12.9. The molecule has 8 heteroatoms. The molecule has 1 aromatic heterocycles. The molecule has 4 aromatic rings. The summed E-state index contributed by atoms with van der Waals surface area (Å²) >= 11 is 13.1. The second-order valence-electron chi connectivity index (χ2n) is 10.4. The molecule has 2 atom stereocenters. The van der Waals surface area contributed by atoms with Crippen LogP contribution in [0.25, 0.3) is 22.0 Å². The van der Waals surface area contributed by atoms with E-state index in [4.69, 9.17) is 23.2 Å². The molecule has 1 aliphatic carbocycles. The molecule has 0 bridgehead atoms. The van der Waals surface area contributed by atoms with Gasteiger partial charge in [-0.1, -0.05) is 41.9 Å². The minimum atomic E-state index is -1.05. The Morgan fingerprint density at radius 2 is 1.76 bits per heavy atom. The maximum Gasteiger partial charge on any atom is 0.255 e. The van der Waals surface area contributed by atoms with Crippen LogP contribution in [0.15, 0.2) is 73.1 Å². The van der Waals surface area contributed by atoms with Crippen molar-refractivity contribution in [3.63, 3.8) is 0 Å². The van der Waals surface area contributed by atoms with Crippen LogP contribution in [-0.4, -0.2) is 36.7 Å². The second kappa shape index (κ2) is 9.58. The minimum Gasteiger partial charge on any atom is -0.365 e. The van der Waals surface area contributed by atoms with Crippen LogP contribution in [0.1, 0.15) is 43.1 Å². The van der Waals surface area contributed by atoms with E-state index in [1.807, 2.05) is 24.3 Å². The van der Waals surface area contributed by atoms with Crippen LogP contribution < -0.4 is 5.32 Å². The van der Waals surface area contributed by atoms with Gasteiger partial charge in [-0.3, -0.25) is 4.79 Å². The van der Waals surface area contributed by atoms with Crippen molar-refractivity contribution in [1.82, 2.24) is 14.9 Å². The number of nitrogens with one attached hydrogen (secondary N) is 1. The largest absolute Gasteiger partial charge is 0.365 e. The summed E-state index contributed by atoms with van der Waals surface area (Å²) in [7, 11) is 0. The molecule has 0 aliphatic heterocycles. The highest BCUT2D eigenvalue weighted by molar-refractivity contribution is 6.37. The summed E-state index contributed by atoms with van der Waals surface area (Å²) in [6.07, 6.45) is 1.97. The third kappa shape index (κ3) is 5.27. The Balaban J connectivity index is 1.51. The first-order chi connectivity index (χ1) is 17.5. The van der Waals surface area contributed by atoms with Gasteiger partial charge in [0.2, 0.25) is 0 Å². The molecule has 0 saturated heterocycles. The highest BCUT2D eigenvalue weighted by atomic mass is 35.5. The number of carbonyl (C=O) groups excluding carboxylic acids is 1. The van der Waals surface area contributed by atoms with Gasteiger partial charge in [-0.2, -0.15) is 0 Å². The Labute approximate surface area is 225 Å². The van der Waals surface area contributed by atoms with Crippen LogP contribution in [0.2, 0.25) is 0 Å². The standard InChI is InChI=1S/C29H27Cl2FN4O/c1-28(2,3)35-26-22-14-20(10-12-24(22)33-17-34-26)19-9-11-23(32)21(13-19)16-36(29(31)15-25(29)30)27(37)18-7-5-4-6-8-18/h4-14,17,25H,15-16H2,1-3H3,(H,33,34,35). The Morgan fingerprint density at radius 1 is 1.08 bits per heavy atom. The lowest BCUT2D eigenvalue weighted by molar-refractivity contribution is 0.0702. The quantitative estimate of drug-likeness (QED) is 0.208. The number of fused-ring (bicyclic) bond motifs is 1.